The van der Waals surface area contributed by atoms with E-state index in [-0.39, 0.29) is 6.10 Å². The van der Waals surface area contributed by atoms with Gasteiger partial charge in [-0.1, -0.05) is 12.1 Å². The van der Waals surface area contributed by atoms with Crippen molar-refractivity contribution in [2.75, 3.05) is 5.75 Å². The molecule has 0 aliphatic heterocycles. The van der Waals surface area contributed by atoms with E-state index in [1.165, 1.54) is 0 Å². The highest BCUT2D eigenvalue weighted by molar-refractivity contribution is 9.10. The van der Waals surface area contributed by atoms with Gasteiger partial charge in [-0.15, -0.1) is 23.1 Å². The van der Waals surface area contributed by atoms with Crippen molar-refractivity contribution >= 4 is 39.0 Å². The van der Waals surface area contributed by atoms with Gasteiger partial charge in [-0.2, -0.15) is 0 Å². The largest absolute Gasteiger partial charge is 0.392 e. The first-order chi connectivity index (χ1) is 8.65. The van der Waals surface area contributed by atoms with E-state index in [4.69, 9.17) is 0 Å². The van der Waals surface area contributed by atoms with Crippen LogP contribution in [0.15, 0.2) is 39.0 Å². The van der Waals surface area contributed by atoms with E-state index in [0.29, 0.717) is 12.2 Å². The van der Waals surface area contributed by atoms with E-state index in [1.54, 1.807) is 23.1 Å². The third kappa shape index (κ3) is 4.09. The first kappa shape index (κ1) is 14.1. The summed E-state index contributed by atoms with van der Waals surface area (Å²) in [5.41, 5.74) is 1.03. The van der Waals surface area contributed by atoms with E-state index in [1.807, 2.05) is 30.5 Å². The molecule has 1 aromatic carbocycles. The summed E-state index contributed by atoms with van der Waals surface area (Å²) in [7, 11) is 0. The molecular formula is C13H14BrNOS2. The minimum absolute atomic E-state index is 0.354. The quantitative estimate of drug-likeness (QED) is 0.835. The molecule has 0 spiro atoms. The maximum atomic E-state index is 9.99. The molecule has 0 saturated carbocycles. The summed E-state index contributed by atoms with van der Waals surface area (Å²) in [6.45, 7) is 1.97. The van der Waals surface area contributed by atoms with Crippen LogP contribution in [0.5, 0.6) is 0 Å². The molecule has 0 saturated heterocycles. The van der Waals surface area contributed by atoms with Crippen LogP contribution in [0.25, 0.3) is 0 Å². The standard InChI is InChI=1S/C13H14BrNOS2/c1-9-7-18-13(15-9)6-10(16)8-17-12-5-3-2-4-11(12)14/h2-5,7,10,16H,6,8H2,1H3. The number of thioether (sulfide) groups is 1. The highest BCUT2D eigenvalue weighted by Crippen LogP contribution is 2.28. The summed E-state index contributed by atoms with van der Waals surface area (Å²) in [6.07, 6.45) is 0.281. The van der Waals surface area contributed by atoms with Gasteiger partial charge in [-0.3, -0.25) is 0 Å². The normalized spacial score (nSPS) is 12.6. The number of aromatic nitrogens is 1. The highest BCUT2D eigenvalue weighted by Gasteiger charge is 2.10. The minimum Gasteiger partial charge on any atom is -0.392 e. The number of nitrogens with zero attached hydrogens (tertiary/aromatic N) is 1. The van der Waals surface area contributed by atoms with Crippen molar-refractivity contribution in [1.29, 1.82) is 0 Å². The number of hydrogen-bond donors (Lipinski definition) is 1. The number of aliphatic hydroxyl groups is 1. The number of hydrogen-bond acceptors (Lipinski definition) is 4. The van der Waals surface area contributed by atoms with Crippen molar-refractivity contribution in [3.05, 3.63) is 44.8 Å². The fourth-order valence-corrected chi connectivity index (χ4v) is 3.85. The van der Waals surface area contributed by atoms with Crippen molar-refractivity contribution in [1.82, 2.24) is 4.98 Å². The first-order valence-corrected chi connectivity index (χ1v) is 8.27. The van der Waals surface area contributed by atoms with Crippen molar-refractivity contribution in [3.63, 3.8) is 0 Å². The molecule has 2 rings (SSSR count). The number of benzene rings is 1. The Balaban J connectivity index is 1.85. The van der Waals surface area contributed by atoms with Crippen LogP contribution in [0.3, 0.4) is 0 Å². The zero-order valence-corrected chi connectivity index (χ0v) is 13.2. The Morgan fingerprint density at radius 3 is 2.89 bits per heavy atom. The van der Waals surface area contributed by atoms with Gasteiger partial charge < -0.3 is 5.11 Å². The van der Waals surface area contributed by atoms with Gasteiger partial charge in [-0.05, 0) is 35.0 Å². The zero-order chi connectivity index (χ0) is 13.0. The Bertz CT molecular complexity index is 515. The fraction of sp³-hybridized carbons (Fsp3) is 0.308. The number of rotatable bonds is 5. The molecule has 1 N–H and O–H groups in total. The molecular weight excluding hydrogens is 330 g/mol. The van der Waals surface area contributed by atoms with E-state index < -0.39 is 0 Å². The number of aryl methyl sites for hydroxylation is 1. The Hall–Kier alpha value is -0.360. The Labute approximate surface area is 124 Å². The fourth-order valence-electron chi connectivity index (χ4n) is 1.50. The second-order valence-corrected chi connectivity index (χ2v) is 6.84. The van der Waals surface area contributed by atoms with Crippen molar-refractivity contribution in [2.45, 2.75) is 24.3 Å². The Morgan fingerprint density at radius 2 is 2.22 bits per heavy atom. The minimum atomic E-state index is -0.354. The van der Waals surface area contributed by atoms with Crippen molar-refractivity contribution < 1.29 is 5.11 Å². The van der Waals surface area contributed by atoms with Crippen LogP contribution in [0.4, 0.5) is 0 Å². The van der Waals surface area contributed by atoms with Crippen LogP contribution in [0.1, 0.15) is 10.7 Å². The number of aliphatic hydroxyl groups excluding tert-OH is 1. The van der Waals surface area contributed by atoms with Gasteiger partial charge in [0.15, 0.2) is 0 Å². The molecule has 1 atom stereocenters. The molecule has 0 amide bonds. The molecule has 0 aliphatic rings. The van der Waals surface area contributed by atoms with E-state index in [9.17, 15) is 5.11 Å². The third-order valence-electron chi connectivity index (χ3n) is 2.34. The number of thiazole rings is 1. The number of halogens is 1. The van der Waals surface area contributed by atoms with E-state index >= 15 is 0 Å². The zero-order valence-electron chi connectivity index (χ0n) is 9.97. The van der Waals surface area contributed by atoms with Crippen molar-refractivity contribution in [2.24, 2.45) is 0 Å². The average Bonchev–Trinajstić information content (AvgIpc) is 2.74. The smallest absolute Gasteiger partial charge is 0.0954 e. The lowest BCUT2D eigenvalue weighted by Gasteiger charge is -2.09. The predicted octanol–water partition coefficient (Wildman–Crippen LogP) is 3.91. The molecule has 5 heteroatoms. The van der Waals surface area contributed by atoms with Gasteiger partial charge in [0.05, 0.1) is 11.1 Å². The molecule has 0 radical (unpaired) electrons. The van der Waals surface area contributed by atoms with Gasteiger partial charge in [0.25, 0.3) is 0 Å². The molecule has 0 fully saturated rings. The summed E-state index contributed by atoms with van der Waals surface area (Å²) in [5, 5.41) is 13.0. The maximum absolute atomic E-state index is 9.99. The molecule has 18 heavy (non-hydrogen) atoms. The lowest BCUT2D eigenvalue weighted by atomic mass is 10.3. The van der Waals surface area contributed by atoms with Crippen LogP contribution in [-0.2, 0) is 6.42 Å². The van der Waals surface area contributed by atoms with Crippen LogP contribution in [0.2, 0.25) is 0 Å². The molecule has 2 nitrogen and oxygen atoms in total. The topological polar surface area (TPSA) is 33.1 Å². The third-order valence-corrected chi connectivity index (χ3v) is 5.51. The second kappa shape index (κ2) is 6.70. The molecule has 0 bridgehead atoms. The Morgan fingerprint density at radius 1 is 1.44 bits per heavy atom. The molecule has 2 aromatic rings. The van der Waals surface area contributed by atoms with Crippen LogP contribution >= 0.6 is 39.0 Å². The van der Waals surface area contributed by atoms with Gasteiger partial charge in [0.2, 0.25) is 0 Å². The summed E-state index contributed by atoms with van der Waals surface area (Å²) < 4.78 is 1.08. The molecule has 1 unspecified atom stereocenters. The maximum Gasteiger partial charge on any atom is 0.0954 e. The summed E-state index contributed by atoms with van der Waals surface area (Å²) in [5.74, 6) is 0.682. The Kier molecular flexibility index (Phi) is 5.24. The van der Waals surface area contributed by atoms with Crippen LogP contribution < -0.4 is 0 Å². The first-order valence-electron chi connectivity index (χ1n) is 5.61. The van der Waals surface area contributed by atoms with Gasteiger partial charge in [-0.25, -0.2) is 4.98 Å². The van der Waals surface area contributed by atoms with Gasteiger partial charge >= 0.3 is 0 Å². The monoisotopic (exact) mass is 343 g/mol. The molecule has 1 heterocycles. The molecule has 1 aromatic heterocycles. The van der Waals surface area contributed by atoms with E-state index in [0.717, 1.165) is 20.1 Å². The molecule has 96 valence electrons. The summed E-state index contributed by atoms with van der Waals surface area (Å²) in [4.78, 5) is 5.52. The van der Waals surface area contributed by atoms with E-state index in [2.05, 4.69) is 27.0 Å². The SMILES string of the molecule is Cc1csc(CC(O)CSc2ccccc2Br)n1. The summed E-state index contributed by atoms with van der Waals surface area (Å²) in [6, 6.07) is 8.06. The summed E-state index contributed by atoms with van der Waals surface area (Å²) >= 11 is 6.78. The van der Waals surface area contributed by atoms with Gasteiger partial charge in [0, 0.05) is 32.6 Å². The average molecular weight is 344 g/mol. The van der Waals surface area contributed by atoms with Gasteiger partial charge in [0.1, 0.15) is 0 Å². The van der Waals surface area contributed by atoms with Crippen molar-refractivity contribution in [3.8, 4) is 0 Å². The lowest BCUT2D eigenvalue weighted by molar-refractivity contribution is 0.200. The van der Waals surface area contributed by atoms with Crippen LogP contribution in [-0.4, -0.2) is 21.9 Å². The highest BCUT2D eigenvalue weighted by atomic mass is 79.9. The molecule has 0 aliphatic carbocycles. The van der Waals surface area contributed by atoms with Crippen LogP contribution in [0, 0.1) is 6.92 Å². The predicted molar refractivity (Wildman–Crippen MR) is 81.4 cm³/mol. The second-order valence-electron chi connectivity index (χ2n) is 3.98. The lowest BCUT2D eigenvalue weighted by Crippen LogP contribution is -2.13.